The van der Waals surface area contributed by atoms with Gasteiger partial charge >= 0.3 is 0 Å². The second-order valence-corrected chi connectivity index (χ2v) is 11.1. The van der Waals surface area contributed by atoms with Gasteiger partial charge < -0.3 is 24.5 Å². The van der Waals surface area contributed by atoms with Crippen molar-refractivity contribution in [2.24, 2.45) is 11.8 Å². The quantitative estimate of drug-likeness (QED) is 0.476. The van der Waals surface area contributed by atoms with Gasteiger partial charge in [0.05, 0.1) is 30.1 Å². The second-order valence-electron chi connectivity index (χ2n) is 11.1. The minimum absolute atomic E-state index is 0.172. The van der Waals surface area contributed by atoms with Gasteiger partial charge in [-0.1, -0.05) is 31.2 Å². The van der Waals surface area contributed by atoms with E-state index in [1.54, 1.807) is 35.9 Å². The van der Waals surface area contributed by atoms with Gasteiger partial charge in [0.15, 0.2) is 0 Å². The first-order valence-electron chi connectivity index (χ1n) is 13.5. The third kappa shape index (κ3) is 4.00. The van der Waals surface area contributed by atoms with E-state index in [2.05, 4.69) is 13.2 Å². The Morgan fingerprint density at radius 1 is 1.21 bits per heavy atom. The maximum absolute atomic E-state index is 14.6. The van der Waals surface area contributed by atoms with Crippen molar-refractivity contribution >= 4 is 23.4 Å². The van der Waals surface area contributed by atoms with Gasteiger partial charge in [0.1, 0.15) is 11.6 Å². The van der Waals surface area contributed by atoms with Crippen LogP contribution in [0.4, 0.5) is 5.69 Å². The molecule has 0 aromatic heterocycles. The number of carbonyl (C=O) groups is 3. The van der Waals surface area contributed by atoms with Crippen molar-refractivity contribution in [3.05, 3.63) is 54.6 Å². The van der Waals surface area contributed by atoms with E-state index in [4.69, 9.17) is 4.74 Å². The maximum Gasteiger partial charge on any atom is 0.253 e. The molecule has 0 radical (unpaired) electrons. The lowest BCUT2D eigenvalue weighted by atomic mass is 9.64. The Labute approximate surface area is 225 Å². The molecule has 0 aliphatic carbocycles. The molecule has 3 fully saturated rings. The number of benzene rings is 1. The molecule has 3 aliphatic heterocycles. The molecule has 3 saturated heterocycles. The number of likely N-dealkylation sites (tertiary alicyclic amines) is 1. The van der Waals surface area contributed by atoms with Gasteiger partial charge in [-0.05, 0) is 57.2 Å². The summed E-state index contributed by atoms with van der Waals surface area (Å²) in [7, 11) is 1.70. The Morgan fingerprint density at radius 2 is 1.89 bits per heavy atom. The van der Waals surface area contributed by atoms with E-state index < -0.39 is 35.1 Å². The third-order valence-corrected chi connectivity index (χ3v) is 8.87. The molecule has 1 spiro atoms. The molecule has 8 nitrogen and oxygen atoms in total. The van der Waals surface area contributed by atoms with Crippen molar-refractivity contribution in [1.29, 1.82) is 0 Å². The van der Waals surface area contributed by atoms with Crippen LogP contribution < -0.4 is 4.90 Å². The van der Waals surface area contributed by atoms with E-state index in [-0.39, 0.29) is 30.9 Å². The number of carbonyl (C=O) groups excluding carboxylic acids is 3. The van der Waals surface area contributed by atoms with Crippen LogP contribution in [0.2, 0.25) is 0 Å². The summed E-state index contributed by atoms with van der Waals surface area (Å²) in [5, 5.41) is 10.2. The van der Waals surface area contributed by atoms with Crippen molar-refractivity contribution in [1.82, 2.24) is 9.80 Å². The number of aliphatic hydroxyl groups is 1. The van der Waals surface area contributed by atoms with E-state index in [0.717, 1.165) is 16.8 Å². The number of amides is 3. The Balaban J connectivity index is 1.87. The van der Waals surface area contributed by atoms with E-state index in [1.807, 2.05) is 39.0 Å². The minimum atomic E-state index is -1.15. The second kappa shape index (κ2) is 10.3. The SMILES string of the molecule is C=CCN(C)C(=O)[C@H]1[C@H]2C(=O)N([C@H](C)CO)C(C(=O)N(CC=C)c3cc(C)ccc3C)C23CC[C@]1(CC)O3. The Kier molecular flexibility index (Phi) is 7.60. The van der Waals surface area contributed by atoms with E-state index in [9.17, 15) is 19.5 Å². The van der Waals surface area contributed by atoms with Crippen molar-refractivity contribution < 1.29 is 24.2 Å². The van der Waals surface area contributed by atoms with Crippen LogP contribution >= 0.6 is 0 Å². The predicted octanol–water partition coefficient (Wildman–Crippen LogP) is 3.00. The van der Waals surface area contributed by atoms with Crippen LogP contribution in [0.25, 0.3) is 0 Å². The maximum atomic E-state index is 14.6. The number of nitrogens with zero attached hydrogens (tertiary/aromatic N) is 3. The lowest BCUT2D eigenvalue weighted by Crippen LogP contribution is -2.58. The van der Waals surface area contributed by atoms with E-state index >= 15 is 0 Å². The number of fused-ring (bicyclic) bond motifs is 1. The number of likely N-dealkylation sites (N-methyl/N-ethyl adjacent to an activating group) is 1. The molecule has 206 valence electrons. The van der Waals surface area contributed by atoms with Gasteiger partial charge in [0, 0.05) is 25.8 Å². The summed E-state index contributed by atoms with van der Waals surface area (Å²) >= 11 is 0. The minimum Gasteiger partial charge on any atom is -0.394 e. The molecule has 1 aromatic rings. The van der Waals surface area contributed by atoms with Gasteiger partial charge in [-0.3, -0.25) is 14.4 Å². The molecule has 3 heterocycles. The average molecular weight is 524 g/mol. The lowest BCUT2D eigenvalue weighted by molar-refractivity contribution is -0.152. The molecule has 2 unspecified atom stereocenters. The molecule has 6 atom stereocenters. The summed E-state index contributed by atoms with van der Waals surface area (Å²) in [6, 6.07) is 4.32. The standard InChI is InChI=1S/C30H41N3O5/c1-8-15-31(7)26(35)23-24-27(36)33(21(6)18-34)25(30(24)14-13-29(23,10-3)38-30)28(37)32(16-9-2)22-17-19(4)11-12-20(22)5/h8-9,11-12,17,21,23-25,34H,1-2,10,13-16,18H2,3-7H3/t21-,23-,24+,25?,29+,30?/m1/s1. The van der Waals surface area contributed by atoms with Crippen molar-refractivity contribution in [3.8, 4) is 0 Å². The zero-order chi connectivity index (χ0) is 28.0. The fourth-order valence-electron chi connectivity index (χ4n) is 6.99. The van der Waals surface area contributed by atoms with Crippen LogP contribution in [-0.4, -0.2) is 82.7 Å². The topological polar surface area (TPSA) is 90.4 Å². The van der Waals surface area contributed by atoms with Gasteiger partial charge in [-0.2, -0.15) is 0 Å². The summed E-state index contributed by atoms with van der Waals surface area (Å²) in [6.45, 7) is 15.5. The largest absolute Gasteiger partial charge is 0.394 e. The lowest BCUT2D eigenvalue weighted by Gasteiger charge is -2.39. The van der Waals surface area contributed by atoms with Crippen LogP contribution in [0.5, 0.6) is 0 Å². The van der Waals surface area contributed by atoms with E-state index in [0.29, 0.717) is 25.8 Å². The molecule has 3 amide bonds. The van der Waals surface area contributed by atoms with Gasteiger partial charge in [0.2, 0.25) is 11.8 Å². The summed E-state index contributed by atoms with van der Waals surface area (Å²) < 4.78 is 6.84. The highest BCUT2D eigenvalue weighted by molar-refractivity contribution is 6.05. The first kappa shape index (κ1) is 28.0. The normalized spacial score (nSPS) is 30.2. The Hall–Kier alpha value is -2.97. The van der Waals surface area contributed by atoms with E-state index in [1.165, 1.54) is 4.90 Å². The summed E-state index contributed by atoms with van der Waals surface area (Å²) in [5.41, 5.74) is 0.704. The zero-order valence-electron chi connectivity index (χ0n) is 23.3. The Bertz CT molecular complexity index is 1150. The highest BCUT2D eigenvalue weighted by atomic mass is 16.5. The molecule has 4 rings (SSSR count). The number of aryl methyl sites for hydroxylation is 2. The smallest absolute Gasteiger partial charge is 0.253 e. The predicted molar refractivity (Wildman–Crippen MR) is 147 cm³/mol. The molecular formula is C30H41N3O5. The number of rotatable bonds is 10. The fraction of sp³-hybridized carbons (Fsp3) is 0.567. The average Bonchev–Trinajstić information content (AvgIpc) is 3.51. The summed E-state index contributed by atoms with van der Waals surface area (Å²) in [5.74, 6) is -2.27. The van der Waals surface area contributed by atoms with Crippen LogP contribution in [0.15, 0.2) is 43.5 Å². The van der Waals surface area contributed by atoms with Crippen LogP contribution in [-0.2, 0) is 19.1 Å². The number of hydrogen-bond acceptors (Lipinski definition) is 5. The molecule has 1 aromatic carbocycles. The first-order valence-corrected chi connectivity index (χ1v) is 13.5. The monoisotopic (exact) mass is 523 g/mol. The molecule has 38 heavy (non-hydrogen) atoms. The molecule has 3 aliphatic rings. The fourth-order valence-corrected chi connectivity index (χ4v) is 6.99. The molecular weight excluding hydrogens is 482 g/mol. The molecule has 8 heteroatoms. The molecule has 2 bridgehead atoms. The van der Waals surface area contributed by atoms with Gasteiger partial charge in [-0.25, -0.2) is 0 Å². The zero-order valence-corrected chi connectivity index (χ0v) is 23.3. The highest BCUT2D eigenvalue weighted by Crippen LogP contribution is 2.65. The molecule has 0 saturated carbocycles. The van der Waals surface area contributed by atoms with Gasteiger partial charge in [0.25, 0.3) is 5.91 Å². The van der Waals surface area contributed by atoms with Gasteiger partial charge in [-0.15, -0.1) is 13.2 Å². The van der Waals surface area contributed by atoms with Crippen LogP contribution in [0.3, 0.4) is 0 Å². The number of ether oxygens (including phenoxy) is 1. The Morgan fingerprint density at radius 3 is 2.50 bits per heavy atom. The first-order chi connectivity index (χ1) is 18.0. The van der Waals surface area contributed by atoms with Crippen molar-refractivity contribution in [2.45, 2.75) is 70.2 Å². The summed E-state index contributed by atoms with van der Waals surface area (Å²) in [6.07, 6.45) is 4.96. The van der Waals surface area contributed by atoms with Crippen LogP contribution in [0, 0.1) is 25.7 Å². The number of aliphatic hydroxyl groups excluding tert-OH is 1. The highest BCUT2D eigenvalue weighted by Gasteiger charge is 2.79. The van der Waals surface area contributed by atoms with Crippen molar-refractivity contribution in [3.63, 3.8) is 0 Å². The molecule has 1 N–H and O–H groups in total. The summed E-state index contributed by atoms with van der Waals surface area (Å²) in [4.78, 5) is 47.4. The number of anilines is 1. The van der Waals surface area contributed by atoms with Crippen LogP contribution in [0.1, 0.15) is 44.2 Å². The third-order valence-electron chi connectivity index (χ3n) is 8.87. The number of hydrogen-bond donors (Lipinski definition) is 1. The van der Waals surface area contributed by atoms with Crippen molar-refractivity contribution in [2.75, 3.05) is 31.6 Å².